The molecule has 4 rings (SSSR count). The molecule has 4 aromatic rings. The summed E-state index contributed by atoms with van der Waals surface area (Å²) in [5, 5.41) is 3.56. The lowest BCUT2D eigenvalue weighted by Crippen LogP contribution is -2.43. The number of carbonyl (C=O) groups excluding carboxylic acids is 2. The fraction of sp³-hybridized carbons (Fsp3) is 0.161. The number of methoxy groups -OCH3 is 1. The molecule has 5 nitrogen and oxygen atoms in total. The summed E-state index contributed by atoms with van der Waals surface area (Å²) < 4.78 is 19.0. The van der Waals surface area contributed by atoms with Gasteiger partial charge in [0.2, 0.25) is 11.8 Å². The van der Waals surface area contributed by atoms with Crippen LogP contribution in [-0.2, 0) is 29.1 Å². The third kappa shape index (κ3) is 6.99. The minimum absolute atomic E-state index is 0.0709. The van der Waals surface area contributed by atoms with E-state index in [1.807, 2.05) is 54.6 Å². The lowest BCUT2D eigenvalue weighted by Gasteiger charge is -2.32. The Hall–Kier alpha value is -4.16. The van der Waals surface area contributed by atoms with E-state index in [0.717, 1.165) is 11.1 Å². The number of nitrogens with zero attached hydrogens (tertiary/aromatic N) is 1. The minimum Gasteiger partial charge on any atom is -0.496 e. The van der Waals surface area contributed by atoms with Crippen molar-refractivity contribution >= 4 is 23.4 Å². The molecule has 0 heterocycles. The zero-order valence-electron chi connectivity index (χ0n) is 20.9. The highest BCUT2D eigenvalue weighted by Crippen LogP contribution is 2.26. The second-order valence-corrected chi connectivity index (χ2v) is 9.23. The lowest BCUT2D eigenvalue weighted by molar-refractivity contribution is -0.141. The van der Waals surface area contributed by atoms with Gasteiger partial charge >= 0.3 is 0 Å². The van der Waals surface area contributed by atoms with E-state index >= 15 is 0 Å². The van der Waals surface area contributed by atoms with Crippen LogP contribution in [0.3, 0.4) is 0 Å². The Labute approximate surface area is 226 Å². The van der Waals surface area contributed by atoms with Crippen molar-refractivity contribution in [1.82, 2.24) is 10.2 Å². The Morgan fingerprint density at radius 1 is 0.868 bits per heavy atom. The number of benzene rings is 4. The Morgan fingerprint density at radius 3 is 2.18 bits per heavy atom. The number of carbonyl (C=O) groups is 2. The summed E-state index contributed by atoms with van der Waals surface area (Å²) in [7, 11) is 1.58. The molecule has 4 aromatic carbocycles. The van der Waals surface area contributed by atoms with E-state index in [2.05, 4.69) is 5.32 Å². The van der Waals surface area contributed by atoms with Crippen molar-refractivity contribution < 1.29 is 18.7 Å². The van der Waals surface area contributed by atoms with Gasteiger partial charge in [-0.05, 0) is 47.0 Å². The number of rotatable bonds is 10. The van der Waals surface area contributed by atoms with E-state index < -0.39 is 6.04 Å². The highest BCUT2D eigenvalue weighted by Gasteiger charge is 2.31. The van der Waals surface area contributed by atoms with Crippen LogP contribution in [0.1, 0.15) is 28.3 Å². The molecule has 0 aliphatic carbocycles. The molecule has 0 fully saturated rings. The summed E-state index contributed by atoms with van der Waals surface area (Å²) in [5.41, 5.74) is 2.95. The Kier molecular flexibility index (Phi) is 9.11. The summed E-state index contributed by atoms with van der Waals surface area (Å²) in [6, 6.07) is 28.6. The molecule has 1 N–H and O–H groups in total. The maximum Gasteiger partial charge on any atom is 0.247 e. The first-order valence-electron chi connectivity index (χ1n) is 12.2. The van der Waals surface area contributed by atoms with Gasteiger partial charge in [0, 0.05) is 23.7 Å². The van der Waals surface area contributed by atoms with Gasteiger partial charge in [0.15, 0.2) is 0 Å². The number of hydrogen-bond acceptors (Lipinski definition) is 3. The van der Waals surface area contributed by atoms with Gasteiger partial charge in [0.25, 0.3) is 0 Å². The van der Waals surface area contributed by atoms with E-state index in [1.165, 1.54) is 17.0 Å². The molecular formula is C31H28ClFN2O3. The van der Waals surface area contributed by atoms with Crippen molar-refractivity contribution in [3.63, 3.8) is 0 Å². The van der Waals surface area contributed by atoms with Gasteiger partial charge in [-0.25, -0.2) is 4.39 Å². The maximum absolute atomic E-state index is 13.8. The monoisotopic (exact) mass is 530 g/mol. The van der Waals surface area contributed by atoms with Crippen molar-refractivity contribution in [3.05, 3.63) is 136 Å². The smallest absolute Gasteiger partial charge is 0.247 e. The first-order valence-corrected chi connectivity index (χ1v) is 12.6. The fourth-order valence-corrected chi connectivity index (χ4v) is 4.35. The SMILES string of the molecule is COc1ccccc1CNC(=O)C(c1ccccc1)N(Cc1ccc(F)cc1)C(=O)Cc1ccc(Cl)cc1. The second kappa shape index (κ2) is 12.9. The van der Waals surface area contributed by atoms with Crippen molar-refractivity contribution in [1.29, 1.82) is 0 Å². The predicted octanol–water partition coefficient (Wildman–Crippen LogP) is 6.12. The molecule has 0 aromatic heterocycles. The van der Waals surface area contributed by atoms with E-state index in [1.54, 1.807) is 43.5 Å². The second-order valence-electron chi connectivity index (χ2n) is 8.79. The number of ether oxygens (including phenoxy) is 1. The Bertz CT molecular complexity index is 1360. The Balaban J connectivity index is 1.67. The number of nitrogens with one attached hydrogen (secondary N) is 1. The molecule has 2 amide bonds. The van der Waals surface area contributed by atoms with Gasteiger partial charge in [-0.15, -0.1) is 0 Å². The summed E-state index contributed by atoms with van der Waals surface area (Å²) in [5.74, 6) is -0.306. The number of amides is 2. The molecular weight excluding hydrogens is 503 g/mol. The highest BCUT2D eigenvalue weighted by atomic mass is 35.5. The molecule has 194 valence electrons. The van der Waals surface area contributed by atoms with Gasteiger partial charge in [-0.1, -0.05) is 84.4 Å². The third-order valence-corrected chi connectivity index (χ3v) is 6.43. The van der Waals surface area contributed by atoms with Crippen LogP contribution in [0.5, 0.6) is 5.75 Å². The molecule has 1 unspecified atom stereocenters. The zero-order valence-corrected chi connectivity index (χ0v) is 21.7. The minimum atomic E-state index is -0.921. The molecule has 7 heteroatoms. The topological polar surface area (TPSA) is 58.6 Å². The van der Waals surface area contributed by atoms with E-state index in [9.17, 15) is 14.0 Å². The first kappa shape index (κ1) is 26.9. The van der Waals surface area contributed by atoms with Crippen LogP contribution in [0.2, 0.25) is 5.02 Å². The summed E-state index contributed by atoms with van der Waals surface area (Å²) in [4.78, 5) is 29.1. The number of halogens is 2. The Morgan fingerprint density at radius 2 is 1.50 bits per heavy atom. The van der Waals surface area contributed by atoms with E-state index in [4.69, 9.17) is 16.3 Å². The predicted molar refractivity (Wildman–Crippen MR) is 146 cm³/mol. The average molecular weight is 531 g/mol. The molecule has 0 bridgehead atoms. The van der Waals surface area contributed by atoms with Crippen LogP contribution in [0.15, 0.2) is 103 Å². The molecule has 1 atom stereocenters. The fourth-order valence-electron chi connectivity index (χ4n) is 4.22. The number of hydrogen-bond donors (Lipinski definition) is 1. The van der Waals surface area contributed by atoms with Crippen LogP contribution < -0.4 is 10.1 Å². The van der Waals surface area contributed by atoms with E-state index in [0.29, 0.717) is 21.9 Å². The van der Waals surface area contributed by atoms with Gasteiger partial charge in [0.1, 0.15) is 17.6 Å². The van der Waals surface area contributed by atoms with Crippen LogP contribution in [0, 0.1) is 5.82 Å². The summed E-state index contributed by atoms with van der Waals surface area (Å²) >= 11 is 6.02. The molecule has 0 spiro atoms. The third-order valence-electron chi connectivity index (χ3n) is 6.18. The molecule has 0 radical (unpaired) electrons. The van der Waals surface area contributed by atoms with Gasteiger partial charge < -0.3 is 15.0 Å². The molecule has 38 heavy (non-hydrogen) atoms. The van der Waals surface area contributed by atoms with Crippen molar-refractivity contribution in [3.8, 4) is 5.75 Å². The van der Waals surface area contributed by atoms with Gasteiger partial charge in [-0.3, -0.25) is 9.59 Å². The molecule has 0 saturated heterocycles. The maximum atomic E-state index is 13.8. The lowest BCUT2D eigenvalue weighted by atomic mass is 10.0. The molecule has 0 aliphatic heterocycles. The largest absolute Gasteiger partial charge is 0.496 e. The summed E-state index contributed by atoms with van der Waals surface area (Å²) in [6.45, 7) is 0.344. The molecule has 0 saturated carbocycles. The average Bonchev–Trinajstić information content (AvgIpc) is 2.94. The van der Waals surface area contributed by atoms with Crippen LogP contribution in [-0.4, -0.2) is 23.8 Å². The van der Waals surface area contributed by atoms with Crippen LogP contribution in [0.25, 0.3) is 0 Å². The molecule has 0 aliphatic rings. The van der Waals surface area contributed by atoms with Crippen molar-refractivity contribution in [2.45, 2.75) is 25.6 Å². The number of para-hydroxylation sites is 1. The van der Waals surface area contributed by atoms with Gasteiger partial charge in [-0.2, -0.15) is 0 Å². The van der Waals surface area contributed by atoms with Crippen LogP contribution in [0.4, 0.5) is 4.39 Å². The van der Waals surface area contributed by atoms with Crippen molar-refractivity contribution in [2.75, 3.05) is 7.11 Å². The first-order chi connectivity index (χ1) is 18.4. The van der Waals surface area contributed by atoms with Gasteiger partial charge in [0.05, 0.1) is 13.5 Å². The van der Waals surface area contributed by atoms with Crippen LogP contribution >= 0.6 is 11.6 Å². The summed E-state index contributed by atoms with van der Waals surface area (Å²) in [6.07, 6.45) is 0.0709. The highest BCUT2D eigenvalue weighted by molar-refractivity contribution is 6.30. The normalized spacial score (nSPS) is 11.4. The van der Waals surface area contributed by atoms with Crippen molar-refractivity contribution in [2.24, 2.45) is 0 Å². The van der Waals surface area contributed by atoms with E-state index in [-0.39, 0.29) is 37.1 Å². The quantitative estimate of drug-likeness (QED) is 0.269. The zero-order chi connectivity index (χ0) is 26.9. The standard InChI is InChI=1S/C31H28ClFN2O3/c1-38-28-10-6-5-9-25(28)20-34-31(37)30(24-7-3-2-4-8-24)35(21-23-13-17-27(33)18-14-23)29(36)19-22-11-15-26(32)16-12-22/h2-18,30H,19-21H2,1H3,(H,34,37).